The van der Waals surface area contributed by atoms with E-state index in [-0.39, 0.29) is 12.6 Å². The fourth-order valence-corrected chi connectivity index (χ4v) is 5.33. The van der Waals surface area contributed by atoms with Gasteiger partial charge in [-0.25, -0.2) is 9.59 Å². The second-order valence-electron chi connectivity index (χ2n) is 8.77. The van der Waals surface area contributed by atoms with Crippen LogP contribution in [0.15, 0.2) is 35.5 Å². The number of hydrogen-bond donors (Lipinski definition) is 2. The second kappa shape index (κ2) is 10.7. The predicted octanol–water partition coefficient (Wildman–Crippen LogP) is 3.46. The average Bonchev–Trinajstić information content (AvgIpc) is 2.80. The maximum Gasteiger partial charge on any atom is 0.338 e. The van der Waals surface area contributed by atoms with E-state index in [1.54, 1.807) is 13.0 Å². The number of hydrogen-bond acceptors (Lipinski definition) is 5. The van der Waals surface area contributed by atoms with E-state index in [2.05, 4.69) is 20.4 Å². The van der Waals surface area contributed by atoms with Crippen LogP contribution in [0.5, 0.6) is 0 Å². The van der Waals surface area contributed by atoms with Crippen molar-refractivity contribution in [1.29, 1.82) is 0 Å². The molecule has 0 radical (unpaired) electrons. The molecule has 3 aliphatic heterocycles. The number of carbonyl (C=O) groups is 2. The lowest BCUT2D eigenvalue weighted by Crippen LogP contribution is -2.51. The molecule has 0 spiro atoms. The van der Waals surface area contributed by atoms with Crippen LogP contribution < -0.4 is 10.6 Å². The molecule has 3 aliphatic rings. The number of halogens is 1. The number of amides is 2. The van der Waals surface area contributed by atoms with Gasteiger partial charge < -0.3 is 20.3 Å². The molecule has 174 valence electrons. The van der Waals surface area contributed by atoms with Gasteiger partial charge >= 0.3 is 12.0 Å². The van der Waals surface area contributed by atoms with Gasteiger partial charge in [-0.05, 0) is 57.3 Å². The molecule has 1 aromatic rings. The largest absolute Gasteiger partial charge is 0.463 e. The van der Waals surface area contributed by atoms with Gasteiger partial charge in [0.2, 0.25) is 0 Å². The minimum Gasteiger partial charge on any atom is -0.463 e. The summed E-state index contributed by atoms with van der Waals surface area (Å²) in [4.78, 5) is 30.5. The zero-order valence-electron chi connectivity index (χ0n) is 18.7. The van der Waals surface area contributed by atoms with E-state index in [0.29, 0.717) is 34.4 Å². The summed E-state index contributed by atoms with van der Waals surface area (Å²) in [5.74, 6) is -0.428. The Hall–Kier alpha value is -2.09. The molecule has 32 heavy (non-hydrogen) atoms. The number of likely N-dealkylation sites (tertiary alicyclic amines) is 2. The zero-order valence-corrected chi connectivity index (χ0v) is 19.5. The monoisotopic (exact) mass is 460 g/mol. The first-order valence-electron chi connectivity index (χ1n) is 11.7. The Kier molecular flexibility index (Phi) is 7.71. The molecule has 1 atom stereocenters. The molecule has 0 aromatic heterocycles. The Morgan fingerprint density at radius 2 is 1.84 bits per heavy atom. The quantitative estimate of drug-likeness (QED) is 0.636. The number of piperidine rings is 2. The van der Waals surface area contributed by atoms with Crippen LogP contribution >= 0.6 is 11.6 Å². The van der Waals surface area contributed by atoms with Crippen LogP contribution in [0.1, 0.15) is 50.6 Å². The molecule has 2 fully saturated rings. The van der Waals surface area contributed by atoms with E-state index in [1.807, 2.05) is 18.2 Å². The summed E-state index contributed by atoms with van der Waals surface area (Å²) in [6.45, 7) is 6.87. The molecule has 1 aromatic carbocycles. The van der Waals surface area contributed by atoms with E-state index in [1.165, 1.54) is 32.4 Å². The molecule has 2 saturated heterocycles. The van der Waals surface area contributed by atoms with E-state index in [4.69, 9.17) is 16.3 Å². The van der Waals surface area contributed by atoms with Gasteiger partial charge in [-0.15, -0.1) is 0 Å². The number of carbonyl (C=O) groups excluding carboxylic acids is 2. The predicted molar refractivity (Wildman–Crippen MR) is 124 cm³/mol. The lowest BCUT2D eigenvalue weighted by atomic mass is 9.94. The van der Waals surface area contributed by atoms with Crippen LogP contribution in [0, 0.1) is 0 Å². The minimum atomic E-state index is -0.641. The first-order chi connectivity index (χ1) is 15.6. The number of benzene rings is 1. The molecule has 2 amide bonds. The van der Waals surface area contributed by atoms with Crippen molar-refractivity contribution >= 4 is 23.6 Å². The van der Waals surface area contributed by atoms with Crippen LogP contribution in [-0.2, 0) is 9.53 Å². The minimum absolute atomic E-state index is 0.264. The van der Waals surface area contributed by atoms with Gasteiger partial charge in [0, 0.05) is 36.4 Å². The Labute approximate surface area is 195 Å². The molecule has 2 N–H and O–H groups in total. The number of nitrogens with zero attached hydrogens (tertiary/aromatic N) is 2. The van der Waals surface area contributed by atoms with Crippen LogP contribution in [0.3, 0.4) is 0 Å². The van der Waals surface area contributed by atoms with Gasteiger partial charge in [0.15, 0.2) is 0 Å². The summed E-state index contributed by atoms with van der Waals surface area (Å²) >= 11 is 6.42. The topological polar surface area (TPSA) is 73.9 Å². The van der Waals surface area contributed by atoms with Crippen molar-refractivity contribution in [3.05, 3.63) is 46.1 Å². The molecule has 0 saturated carbocycles. The number of rotatable bonds is 6. The molecule has 0 bridgehead atoms. The van der Waals surface area contributed by atoms with Crippen LogP contribution in [0.2, 0.25) is 5.02 Å². The lowest BCUT2D eigenvalue weighted by molar-refractivity contribution is -0.139. The average molecular weight is 461 g/mol. The Morgan fingerprint density at radius 3 is 2.53 bits per heavy atom. The third-order valence-corrected chi connectivity index (χ3v) is 7.06. The summed E-state index contributed by atoms with van der Waals surface area (Å²) in [7, 11) is 0. The highest BCUT2D eigenvalue weighted by Gasteiger charge is 2.36. The number of ether oxygens (including phenoxy) is 1. The first kappa shape index (κ1) is 23.1. The van der Waals surface area contributed by atoms with Gasteiger partial charge in [-0.2, -0.15) is 0 Å². The van der Waals surface area contributed by atoms with Gasteiger partial charge in [0.25, 0.3) is 0 Å². The molecular formula is C24H33ClN4O3. The van der Waals surface area contributed by atoms with E-state index < -0.39 is 12.0 Å². The number of nitrogens with one attached hydrogen (secondary N) is 2. The van der Waals surface area contributed by atoms with Gasteiger partial charge in [-0.1, -0.05) is 36.2 Å². The standard InChI is InChI=1S/C24H33ClN4O3/c1-2-32-23(30)21-20(26-24(31)27-22(21)18-8-4-5-9-19(18)25)16-28-14-10-17(11-15-28)29-12-6-3-7-13-29/h4-5,8-9,17,22H,2-3,6-7,10-16H2,1H3,(H2,26,27,31)/t22-/m1/s1. The van der Waals surface area contributed by atoms with E-state index in [0.717, 1.165) is 25.9 Å². The Balaban J connectivity index is 1.53. The van der Waals surface area contributed by atoms with Crippen molar-refractivity contribution in [3.8, 4) is 0 Å². The summed E-state index contributed by atoms with van der Waals surface area (Å²) < 4.78 is 5.37. The third kappa shape index (κ3) is 5.27. The van der Waals surface area contributed by atoms with Crippen molar-refractivity contribution in [2.75, 3.05) is 39.3 Å². The summed E-state index contributed by atoms with van der Waals surface area (Å²) in [6, 6.07) is 6.94. The molecule has 8 heteroatoms. The van der Waals surface area contributed by atoms with Crippen LogP contribution in [0.25, 0.3) is 0 Å². The highest BCUT2D eigenvalue weighted by molar-refractivity contribution is 6.31. The molecule has 3 heterocycles. The van der Waals surface area contributed by atoms with Crippen molar-refractivity contribution in [3.63, 3.8) is 0 Å². The van der Waals surface area contributed by atoms with Crippen molar-refractivity contribution < 1.29 is 14.3 Å². The molecular weight excluding hydrogens is 428 g/mol. The van der Waals surface area contributed by atoms with Gasteiger partial charge in [0.05, 0.1) is 18.2 Å². The molecule has 0 aliphatic carbocycles. The molecule has 7 nitrogen and oxygen atoms in total. The summed E-state index contributed by atoms with van der Waals surface area (Å²) in [5, 5.41) is 6.25. The highest BCUT2D eigenvalue weighted by Crippen LogP contribution is 2.33. The smallest absolute Gasteiger partial charge is 0.338 e. The molecule has 4 rings (SSSR count). The van der Waals surface area contributed by atoms with Crippen molar-refractivity contribution in [1.82, 2.24) is 20.4 Å². The maximum atomic E-state index is 13.0. The Morgan fingerprint density at radius 1 is 1.12 bits per heavy atom. The maximum absolute atomic E-state index is 13.0. The second-order valence-corrected chi connectivity index (χ2v) is 9.18. The van der Waals surface area contributed by atoms with E-state index >= 15 is 0 Å². The first-order valence-corrected chi connectivity index (χ1v) is 12.1. The normalized spacial score (nSPS) is 23.6. The summed E-state index contributed by atoms with van der Waals surface area (Å²) in [6.07, 6.45) is 6.18. The van der Waals surface area contributed by atoms with Crippen molar-refractivity contribution in [2.24, 2.45) is 0 Å². The fourth-order valence-electron chi connectivity index (χ4n) is 5.08. The van der Waals surface area contributed by atoms with Gasteiger partial charge in [0.1, 0.15) is 0 Å². The highest BCUT2D eigenvalue weighted by atomic mass is 35.5. The van der Waals surface area contributed by atoms with Gasteiger partial charge in [-0.3, -0.25) is 4.90 Å². The zero-order chi connectivity index (χ0) is 22.5. The van der Waals surface area contributed by atoms with Crippen LogP contribution in [0.4, 0.5) is 4.79 Å². The summed E-state index contributed by atoms with van der Waals surface area (Å²) in [5.41, 5.74) is 1.72. The molecule has 0 unspecified atom stereocenters. The fraction of sp³-hybridized carbons (Fsp3) is 0.583. The SMILES string of the molecule is CCOC(=O)C1=C(CN2CCC(N3CCCCC3)CC2)NC(=O)N[C@@H]1c1ccccc1Cl. The van der Waals surface area contributed by atoms with E-state index in [9.17, 15) is 9.59 Å². The van der Waals surface area contributed by atoms with Crippen LogP contribution in [-0.4, -0.2) is 67.2 Å². The lowest BCUT2D eigenvalue weighted by Gasteiger charge is -2.41. The number of esters is 1. The third-order valence-electron chi connectivity index (χ3n) is 6.71. The Bertz CT molecular complexity index is 861. The number of urea groups is 1. The van der Waals surface area contributed by atoms with Crippen molar-refractivity contribution in [2.45, 2.75) is 51.1 Å².